The molecule has 5 rings (SSSR count). The van der Waals surface area contributed by atoms with Gasteiger partial charge in [-0.3, -0.25) is 4.79 Å². The summed E-state index contributed by atoms with van der Waals surface area (Å²) in [4.78, 5) is 49.9. The lowest BCUT2D eigenvalue weighted by atomic mass is 10.1. The fourth-order valence-electron chi connectivity index (χ4n) is 4.77. The molecule has 0 aliphatic heterocycles. The van der Waals surface area contributed by atoms with Crippen LogP contribution in [0.25, 0.3) is 10.9 Å². The van der Waals surface area contributed by atoms with Crippen molar-refractivity contribution in [3.05, 3.63) is 132 Å². The van der Waals surface area contributed by atoms with Crippen molar-refractivity contribution in [1.82, 2.24) is 4.98 Å². The molecular weight excluding hydrogens is 628 g/mol. The fourth-order valence-corrected chi connectivity index (χ4v) is 4.77. The molecular formula is C37H38N4O8. The summed E-state index contributed by atoms with van der Waals surface area (Å²) in [5, 5.41) is 9.54. The third-order valence-corrected chi connectivity index (χ3v) is 7.43. The van der Waals surface area contributed by atoms with E-state index in [1.165, 1.54) is 31.4 Å². The Hall–Kier alpha value is -5.82. The first-order valence-corrected chi connectivity index (χ1v) is 15.3. The molecule has 1 heterocycles. The van der Waals surface area contributed by atoms with Crippen LogP contribution in [0.1, 0.15) is 27.0 Å². The number of methoxy groups -OCH3 is 1. The number of rotatable bonds is 12. The number of carboxylic acid groups (broad SMARTS) is 1. The SMILES string of the molecule is COC(=O)c1ccc(OC(=O)[C@@H](N)Cc2ccc(OC(=O)[C@@H](N)Cc3c[nH]c4ccccc34)cc2)cc1.N[C@@H](Cc1ccccc1)C(=O)O. The van der Waals surface area contributed by atoms with E-state index in [1.54, 1.807) is 24.3 Å². The summed E-state index contributed by atoms with van der Waals surface area (Å²) in [5.74, 6) is -2.01. The Morgan fingerprint density at radius 1 is 0.653 bits per heavy atom. The molecule has 12 nitrogen and oxygen atoms in total. The van der Waals surface area contributed by atoms with Crippen molar-refractivity contribution in [2.24, 2.45) is 17.2 Å². The zero-order valence-electron chi connectivity index (χ0n) is 26.8. The average molecular weight is 667 g/mol. The van der Waals surface area contributed by atoms with Gasteiger partial charge in [-0.25, -0.2) is 14.4 Å². The lowest BCUT2D eigenvalue weighted by Gasteiger charge is -2.13. The minimum atomic E-state index is -0.959. The van der Waals surface area contributed by atoms with Gasteiger partial charge in [0.2, 0.25) is 0 Å². The van der Waals surface area contributed by atoms with Crippen molar-refractivity contribution in [3.8, 4) is 11.5 Å². The largest absolute Gasteiger partial charge is 0.480 e. The molecule has 0 aliphatic carbocycles. The monoisotopic (exact) mass is 666 g/mol. The first-order chi connectivity index (χ1) is 23.5. The number of hydrogen-bond donors (Lipinski definition) is 5. The van der Waals surface area contributed by atoms with Crippen LogP contribution >= 0.6 is 0 Å². The highest BCUT2D eigenvalue weighted by atomic mass is 16.5. The van der Waals surface area contributed by atoms with E-state index in [2.05, 4.69) is 9.72 Å². The number of aromatic nitrogens is 1. The van der Waals surface area contributed by atoms with Crippen LogP contribution in [0.3, 0.4) is 0 Å². The number of aliphatic carboxylic acids is 1. The Bertz CT molecular complexity index is 1860. The second kappa shape index (κ2) is 17.4. The van der Waals surface area contributed by atoms with Crippen molar-refractivity contribution >= 4 is 34.8 Å². The number of fused-ring (bicyclic) bond motifs is 1. The van der Waals surface area contributed by atoms with Crippen molar-refractivity contribution in [1.29, 1.82) is 0 Å². The Morgan fingerprint density at radius 3 is 1.76 bits per heavy atom. The van der Waals surface area contributed by atoms with E-state index in [0.717, 1.165) is 27.6 Å². The molecule has 0 saturated carbocycles. The van der Waals surface area contributed by atoms with Crippen molar-refractivity contribution in [2.75, 3.05) is 7.11 Å². The van der Waals surface area contributed by atoms with Gasteiger partial charge in [0.25, 0.3) is 0 Å². The molecule has 1 aromatic heterocycles. The van der Waals surface area contributed by atoms with E-state index in [1.807, 2.05) is 60.8 Å². The van der Waals surface area contributed by atoms with Crippen LogP contribution in [0.15, 0.2) is 109 Å². The molecule has 3 atom stereocenters. The number of benzene rings is 4. The van der Waals surface area contributed by atoms with Gasteiger partial charge in [0.15, 0.2) is 0 Å². The number of carbonyl (C=O) groups excluding carboxylic acids is 3. The van der Waals surface area contributed by atoms with Crippen LogP contribution in [-0.2, 0) is 38.4 Å². The molecule has 8 N–H and O–H groups in total. The molecule has 0 aliphatic rings. The summed E-state index contributed by atoms with van der Waals surface area (Å²) < 4.78 is 15.4. The van der Waals surface area contributed by atoms with Crippen LogP contribution in [-0.4, -0.2) is 59.2 Å². The molecule has 4 aromatic carbocycles. The highest BCUT2D eigenvalue weighted by Gasteiger charge is 2.20. The minimum absolute atomic E-state index is 0.216. The molecule has 254 valence electrons. The zero-order chi connectivity index (χ0) is 35.3. The Labute approximate surface area is 282 Å². The zero-order valence-corrected chi connectivity index (χ0v) is 26.8. The quantitative estimate of drug-likeness (QED) is 0.0960. The number of esters is 3. The normalized spacial score (nSPS) is 12.5. The molecule has 0 bridgehead atoms. The third kappa shape index (κ3) is 10.6. The van der Waals surface area contributed by atoms with Crippen molar-refractivity contribution in [2.45, 2.75) is 37.4 Å². The molecule has 0 radical (unpaired) electrons. The number of carboxylic acids is 1. The minimum Gasteiger partial charge on any atom is -0.480 e. The second-order valence-electron chi connectivity index (χ2n) is 11.1. The number of nitrogens with two attached hydrogens (primary N) is 3. The average Bonchev–Trinajstić information content (AvgIpc) is 3.52. The van der Waals surface area contributed by atoms with Gasteiger partial charge in [-0.1, -0.05) is 60.7 Å². The number of aromatic amines is 1. The fraction of sp³-hybridized carbons (Fsp3) is 0.189. The highest BCUT2D eigenvalue weighted by molar-refractivity contribution is 5.89. The van der Waals surface area contributed by atoms with Crippen molar-refractivity contribution < 1.29 is 38.5 Å². The molecule has 49 heavy (non-hydrogen) atoms. The van der Waals surface area contributed by atoms with Crippen molar-refractivity contribution in [3.63, 3.8) is 0 Å². The maximum absolute atomic E-state index is 12.5. The van der Waals surface area contributed by atoms with Crippen LogP contribution in [0.4, 0.5) is 0 Å². The third-order valence-electron chi connectivity index (χ3n) is 7.43. The molecule has 0 amide bonds. The van der Waals surface area contributed by atoms with Crippen LogP contribution in [0, 0.1) is 0 Å². The summed E-state index contributed by atoms with van der Waals surface area (Å²) in [7, 11) is 1.28. The smallest absolute Gasteiger partial charge is 0.337 e. The first-order valence-electron chi connectivity index (χ1n) is 15.3. The number of carbonyl (C=O) groups is 4. The van der Waals surface area contributed by atoms with Gasteiger partial charge >= 0.3 is 23.9 Å². The van der Waals surface area contributed by atoms with Crippen LogP contribution < -0.4 is 26.7 Å². The van der Waals surface area contributed by atoms with E-state index >= 15 is 0 Å². The number of para-hydroxylation sites is 1. The number of H-pyrrole nitrogens is 1. The van der Waals surface area contributed by atoms with E-state index in [-0.39, 0.29) is 12.2 Å². The van der Waals surface area contributed by atoms with E-state index < -0.39 is 42.0 Å². The van der Waals surface area contributed by atoms with Gasteiger partial charge in [-0.15, -0.1) is 0 Å². The van der Waals surface area contributed by atoms with E-state index in [4.69, 9.17) is 31.8 Å². The second-order valence-corrected chi connectivity index (χ2v) is 11.1. The standard InChI is InChI=1S/C28H27N3O6.C9H11NO2/c1-35-26(32)18-8-12-21(13-9-18)37-27(33)23(29)14-17-6-10-20(11-7-17)36-28(34)24(30)15-19-16-31-25-5-3-2-4-22(19)25;10-8(9(11)12)6-7-4-2-1-3-5-7/h2-13,16,23-24,31H,14-15,29-30H2,1H3;1-5,8H,6,10H2,(H,11,12)/t23-,24-;8-/m00/s1. The van der Waals surface area contributed by atoms with E-state index in [0.29, 0.717) is 24.2 Å². The Kier molecular flexibility index (Phi) is 12.8. The van der Waals surface area contributed by atoms with Gasteiger partial charge in [0, 0.05) is 23.5 Å². The Balaban J connectivity index is 0.000000380. The predicted molar refractivity (Wildman–Crippen MR) is 183 cm³/mol. The summed E-state index contributed by atoms with van der Waals surface area (Å²) in [6.45, 7) is 0. The maximum Gasteiger partial charge on any atom is 0.337 e. The van der Waals surface area contributed by atoms with Gasteiger partial charge in [-0.2, -0.15) is 0 Å². The van der Waals surface area contributed by atoms with Gasteiger partial charge in [0.1, 0.15) is 29.6 Å². The summed E-state index contributed by atoms with van der Waals surface area (Å²) in [6, 6.07) is 27.2. The summed E-state index contributed by atoms with van der Waals surface area (Å²) in [6.07, 6.45) is 2.78. The number of hydrogen-bond acceptors (Lipinski definition) is 10. The predicted octanol–water partition coefficient (Wildman–Crippen LogP) is 3.55. The molecule has 0 fully saturated rings. The molecule has 0 saturated heterocycles. The molecule has 0 spiro atoms. The van der Waals surface area contributed by atoms with Gasteiger partial charge < -0.3 is 41.5 Å². The van der Waals surface area contributed by atoms with Crippen LogP contribution in [0.2, 0.25) is 0 Å². The molecule has 12 heteroatoms. The first kappa shape index (κ1) is 36.0. The number of ether oxygens (including phenoxy) is 3. The lowest BCUT2D eigenvalue weighted by Crippen LogP contribution is -2.36. The maximum atomic E-state index is 12.5. The Morgan fingerprint density at radius 2 is 1.16 bits per heavy atom. The van der Waals surface area contributed by atoms with Gasteiger partial charge in [-0.05, 0) is 72.0 Å². The lowest BCUT2D eigenvalue weighted by molar-refractivity contribution is -0.138. The topological polar surface area (TPSA) is 210 Å². The highest BCUT2D eigenvalue weighted by Crippen LogP contribution is 2.20. The molecule has 0 unspecified atom stereocenters. The van der Waals surface area contributed by atoms with Crippen LogP contribution in [0.5, 0.6) is 11.5 Å². The van der Waals surface area contributed by atoms with Gasteiger partial charge in [0.05, 0.1) is 12.7 Å². The number of nitrogens with one attached hydrogen (secondary N) is 1. The molecule has 5 aromatic rings. The summed E-state index contributed by atoms with van der Waals surface area (Å²) >= 11 is 0. The summed E-state index contributed by atoms with van der Waals surface area (Å²) in [5.41, 5.74) is 21.4. The van der Waals surface area contributed by atoms with E-state index in [9.17, 15) is 19.2 Å².